The number of rotatable bonds is 3. The Hall–Kier alpha value is -5.13. The molecule has 0 radical (unpaired) electrons. The fourth-order valence-corrected chi connectivity index (χ4v) is 13.1. The molecule has 0 saturated heterocycles. The summed E-state index contributed by atoms with van der Waals surface area (Å²) >= 11 is 1.99. The second kappa shape index (κ2) is 15.2. The van der Waals surface area contributed by atoms with E-state index in [4.69, 9.17) is 4.98 Å². The van der Waals surface area contributed by atoms with Crippen LogP contribution < -0.4 is 25.5 Å². The molecular weight excluding hydrogens is 854 g/mol. The molecule has 1 aliphatic carbocycles. The second-order valence-electron chi connectivity index (χ2n) is 27.4. The first-order valence-electron chi connectivity index (χ1n) is 25.6. The van der Waals surface area contributed by atoms with Gasteiger partial charge in [0.15, 0.2) is 0 Å². The number of pyridine rings is 1. The van der Waals surface area contributed by atoms with E-state index in [1.165, 1.54) is 98.7 Å². The van der Waals surface area contributed by atoms with E-state index in [-0.39, 0.29) is 44.6 Å². The maximum Gasteiger partial charge on any atom is 0.266 e. The quantitative estimate of drug-likeness (QED) is 0.165. The molecule has 0 amide bonds. The number of nitrogens with zero attached hydrogens (tertiary/aromatic N) is 3. The number of thiophene rings is 1. The van der Waals surface area contributed by atoms with Gasteiger partial charge in [0.25, 0.3) is 6.71 Å². The van der Waals surface area contributed by atoms with Gasteiger partial charge in [0.1, 0.15) is 5.82 Å². The summed E-state index contributed by atoms with van der Waals surface area (Å²) in [6.07, 6.45) is 1.10. The standard InChI is InChI=1S/C64H76BN3S/c1-58(2,3)39-22-20-38(21-23-39)44-32-41(60(7,8)9)26-30-49(44)68-50-35-47-46(63(16,17)37-64(47,18)19)34-48(50)65-54-51(36-53(62(13,14)15)66-57(54)68)67(43-28-24-40(25-29-43)59(4,5)6)55-45-33-42(61(10,11)12)27-31-52(45)69-56(55)65/h20-36H,37H2,1-19H3. The fourth-order valence-electron chi connectivity index (χ4n) is 11.8. The molecule has 0 atom stereocenters. The summed E-state index contributed by atoms with van der Waals surface area (Å²) in [6, 6.07) is 41.2. The summed E-state index contributed by atoms with van der Waals surface area (Å²) in [6.45, 7) is 44.7. The Bertz CT molecular complexity index is 3200. The molecule has 0 saturated carbocycles. The van der Waals surface area contributed by atoms with Crippen LogP contribution >= 0.6 is 11.3 Å². The average molecular weight is 930 g/mol. The van der Waals surface area contributed by atoms with Crippen LogP contribution in [0.4, 0.5) is 34.3 Å². The van der Waals surface area contributed by atoms with E-state index in [1.54, 1.807) is 0 Å². The Morgan fingerprint density at radius 2 is 1.03 bits per heavy atom. The minimum absolute atomic E-state index is 0.00206. The molecular formula is C64H76BN3S. The Morgan fingerprint density at radius 1 is 0.507 bits per heavy atom. The van der Waals surface area contributed by atoms with Crippen molar-refractivity contribution in [3.8, 4) is 11.1 Å². The van der Waals surface area contributed by atoms with Gasteiger partial charge in [-0.25, -0.2) is 4.98 Å². The van der Waals surface area contributed by atoms with Gasteiger partial charge in [0.2, 0.25) is 0 Å². The van der Waals surface area contributed by atoms with Gasteiger partial charge in [-0.2, -0.15) is 0 Å². The highest BCUT2D eigenvalue weighted by Gasteiger charge is 2.50. The Balaban J connectivity index is 1.37. The third-order valence-corrected chi connectivity index (χ3v) is 17.0. The molecule has 69 heavy (non-hydrogen) atoms. The lowest BCUT2D eigenvalue weighted by Gasteiger charge is -2.44. The molecule has 5 heteroatoms. The average Bonchev–Trinajstić information content (AvgIpc) is 3.70. The first kappa shape index (κ1) is 47.5. The number of aromatic nitrogens is 1. The van der Waals surface area contributed by atoms with Crippen molar-refractivity contribution in [3.05, 3.63) is 142 Å². The molecule has 0 N–H and O–H groups in total. The molecule has 5 aromatic carbocycles. The molecule has 0 fully saturated rings. The zero-order valence-corrected chi connectivity index (χ0v) is 46.2. The summed E-state index contributed by atoms with van der Waals surface area (Å²) in [4.78, 5) is 11.2. The van der Waals surface area contributed by atoms with Gasteiger partial charge in [0.05, 0.1) is 17.1 Å². The number of anilines is 6. The summed E-state index contributed by atoms with van der Waals surface area (Å²) in [7, 11) is 0. The van der Waals surface area contributed by atoms with Crippen LogP contribution in [0.3, 0.4) is 0 Å². The zero-order valence-electron chi connectivity index (χ0n) is 45.3. The van der Waals surface area contributed by atoms with E-state index < -0.39 is 0 Å². The highest BCUT2D eigenvalue weighted by molar-refractivity contribution is 7.33. The summed E-state index contributed by atoms with van der Waals surface area (Å²) < 4.78 is 2.72. The minimum Gasteiger partial charge on any atom is -0.310 e. The summed E-state index contributed by atoms with van der Waals surface area (Å²) in [5.74, 6) is 1.04. The van der Waals surface area contributed by atoms with E-state index in [1.807, 2.05) is 11.3 Å². The molecule has 3 nitrogen and oxygen atoms in total. The van der Waals surface area contributed by atoms with E-state index in [9.17, 15) is 0 Å². The fraction of sp³-hybridized carbons (Fsp3) is 0.422. The van der Waals surface area contributed by atoms with Crippen molar-refractivity contribution in [1.29, 1.82) is 0 Å². The number of benzene rings is 5. The second-order valence-corrected chi connectivity index (χ2v) is 28.5. The maximum absolute atomic E-state index is 6.00. The molecule has 0 spiro atoms. The van der Waals surface area contributed by atoms with Gasteiger partial charge in [0, 0.05) is 42.9 Å². The number of fused-ring (bicyclic) bond motifs is 7. The lowest BCUT2D eigenvalue weighted by atomic mass is 9.36. The summed E-state index contributed by atoms with van der Waals surface area (Å²) in [5, 5.41) is 1.33. The van der Waals surface area contributed by atoms with Gasteiger partial charge in [-0.15, -0.1) is 11.3 Å². The van der Waals surface area contributed by atoms with E-state index >= 15 is 0 Å². The van der Waals surface area contributed by atoms with Crippen LogP contribution in [0.1, 0.15) is 177 Å². The maximum atomic E-state index is 6.00. The van der Waals surface area contributed by atoms with Crippen LogP contribution in [0.15, 0.2) is 103 Å². The molecule has 7 aromatic rings. The van der Waals surface area contributed by atoms with Crippen molar-refractivity contribution >= 4 is 78.1 Å². The minimum atomic E-state index is -0.239. The third kappa shape index (κ3) is 7.80. The van der Waals surface area contributed by atoms with Crippen LogP contribution in [-0.4, -0.2) is 11.7 Å². The molecule has 2 aromatic heterocycles. The van der Waals surface area contributed by atoms with Crippen LogP contribution in [0.25, 0.3) is 21.2 Å². The van der Waals surface area contributed by atoms with Gasteiger partial charge in [-0.1, -0.05) is 186 Å². The van der Waals surface area contributed by atoms with Crippen LogP contribution in [0.5, 0.6) is 0 Å². The van der Waals surface area contributed by atoms with E-state index in [0.717, 1.165) is 17.9 Å². The predicted octanol–water partition coefficient (Wildman–Crippen LogP) is 16.5. The van der Waals surface area contributed by atoms with Gasteiger partial charge >= 0.3 is 0 Å². The predicted molar refractivity (Wildman–Crippen MR) is 303 cm³/mol. The van der Waals surface area contributed by atoms with E-state index in [2.05, 4.69) is 244 Å². The van der Waals surface area contributed by atoms with Crippen LogP contribution in [0, 0.1) is 0 Å². The van der Waals surface area contributed by atoms with Crippen molar-refractivity contribution in [2.45, 2.75) is 176 Å². The SMILES string of the molecule is CC(C)(C)c1ccc(-c2cc(C(C)(C)C)ccc2N2c3cc4c(cc3B3c5sc6ccc(C(C)(C)C)cc6c5N(c5ccc(C(C)(C)C)cc5)c5cc(C(C)(C)C)nc2c53)C(C)(C)CC4(C)C)cc1. The summed E-state index contributed by atoms with van der Waals surface area (Å²) in [5.41, 5.74) is 20.4. The number of hydrogen-bond acceptors (Lipinski definition) is 4. The van der Waals surface area contributed by atoms with Crippen molar-refractivity contribution in [3.63, 3.8) is 0 Å². The largest absolute Gasteiger partial charge is 0.310 e. The molecule has 3 aliphatic rings. The Labute approximate surface area is 419 Å². The lowest BCUT2D eigenvalue weighted by molar-refractivity contribution is 0.403. The highest BCUT2D eigenvalue weighted by Crippen LogP contribution is 2.55. The van der Waals surface area contributed by atoms with E-state index in [0.29, 0.717) is 0 Å². The Kier molecular flexibility index (Phi) is 10.5. The molecule has 356 valence electrons. The monoisotopic (exact) mass is 930 g/mol. The normalized spacial score (nSPS) is 16.4. The van der Waals surface area contributed by atoms with Gasteiger partial charge in [-0.05, 0) is 137 Å². The van der Waals surface area contributed by atoms with Crippen molar-refractivity contribution in [1.82, 2.24) is 4.98 Å². The van der Waals surface area contributed by atoms with Crippen molar-refractivity contribution in [2.75, 3.05) is 9.80 Å². The molecule has 4 heterocycles. The van der Waals surface area contributed by atoms with Gasteiger partial charge in [-0.3, -0.25) is 4.90 Å². The molecule has 10 rings (SSSR count). The lowest BCUT2D eigenvalue weighted by Crippen LogP contribution is -2.61. The first-order chi connectivity index (χ1) is 31.8. The van der Waals surface area contributed by atoms with Crippen molar-refractivity contribution in [2.24, 2.45) is 0 Å². The van der Waals surface area contributed by atoms with Crippen LogP contribution in [0.2, 0.25) is 0 Å². The molecule has 0 unspecified atom stereocenters. The topological polar surface area (TPSA) is 19.4 Å². The smallest absolute Gasteiger partial charge is 0.266 e. The highest BCUT2D eigenvalue weighted by atomic mass is 32.1. The zero-order chi connectivity index (χ0) is 49.9. The molecule has 0 bridgehead atoms. The van der Waals surface area contributed by atoms with Crippen LogP contribution in [-0.2, 0) is 37.9 Å². The Morgan fingerprint density at radius 3 is 1.59 bits per heavy atom. The number of hydrogen-bond donors (Lipinski definition) is 0. The molecule has 2 aliphatic heterocycles. The van der Waals surface area contributed by atoms with Gasteiger partial charge < -0.3 is 4.90 Å². The first-order valence-corrected chi connectivity index (χ1v) is 26.4. The third-order valence-electron chi connectivity index (χ3n) is 15.8. The van der Waals surface area contributed by atoms with Crippen molar-refractivity contribution < 1.29 is 0 Å².